The molecule has 2 nitrogen and oxygen atoms in total. The molecule has 4 saturated carbocycles. The minimum absolute atomic E-state index is 0.372. The fraction of sp³-hybridized carbons (Fsp3) is 0.867. The highest BCUT2D eigenvalue weighted by Gasteiger charge is 2.50. The van der Waals surface area contributed by atoms with E-state index in [4.69, 9.17) is 4.99 Å². The molecular formula is C15H22N2. The van der Waals surface area contributed by atoms with Gasteiger partial charge in [0.1, 0.15) is 0 Å². The standard InChI is InChI=1S/C15H22N2/c1-2-14(10-16-3-1)17-15-7-11-4-12(8-15)6-13(5-11)9-15/h3,11-13H,1-2,4-10H2. The fourth-order valence-electron chi connectivity index (χ4n) is 5.20. The highest BCUT2D eigenvalue weighted by Crippen LogP contribution is 2.57. The number of nitrogens with zero attached hydrogens (tertiary/aromatic N) is 2. The SMILES string of the molecule is C1=NCC(=NC23CC4CC(CC(C4)C2)C3)CC1. The lowest BCUT2D eigenvalue weighted by atomic mass is 9.53. The zero-order valence-corrected chi connectivity index (χ0v) is 10.6. The molecule has 92 valence electrons. The molecule has 0 radical (unpaired) electrons. The second-order valence-corrected chi connectivity index (χ2v) is 6.88. The van der Waals surface area contributed by atoms with Crippen molar-refractivity contribution in [2.75, 3.05) is 6.54 Å². The minimum atomic E-state index is 0.372. The molecule has 4 fully saturated rings. The van der Waals surface area contributed by atoms with E-state index in [0.717, 1.165) is 30.7 Å². The van der Waals surface area contributed by atoms with Gasteiger partial charge >= 0.3 is 0 Å². The molecular weight excluding hydrogens is 208 g/mol. The Morgan fingerprint density at radius 3 is 2.24 bits per heavy atom. The van der Waals surface area contributed by atoms with Crippen LogP contribution < -0.4 is 0 Å². The third-order valence-corrected chi connectivity index (χ3v) is 5.37. The second-order valence-electron chi connectivity index (χ2n) is 6.88. The van der Waals surface area contributed by atoms with Crippen LogP contribution in [0.15, 0.2) is 9.98 Å². The summed E-state index contributed by atoms with van der Waals surface area (Å²) in [5, 5.41) is 0. The van der Waals surface area contributed by atoms with Crippen molar-refractivity contribution in [3.8, 4) is 0 Å². The first-order chi connectivity index (χ1) is 8.31. The fourth-order valence-corrected chi connectivity index (χ4v) is 5.20. The van der Waals surface area contributed by atoms with Crippen LogP contribution in [0, 0.1) is 17.8 Å². The topological polar surface area (TPSA) is 24.7 Å². The van der Waals surface area contributed by atoms with E-state index in [1.165, 1.54) is 50.7 Å². The van der Waals surface area contributed by atoms with Crippen molar-refractivity contribution in [1.82, 2.24) is 0 Å². The quantitative estimate of drug-likeness (QED) is 0.660. The molecule has 0 aromatic rings. The predicted molar refractivity (Wildman–Crippen MR) is 70.9 cm³/mol. The van der Waals surface area contributed by atoms with Crippen LogP contribution in [0.2, 0.25) is 0 Å². The molecule has 5 rings (SSSR count). The lowest BCUT2D eigenvalue weighted by Crippen LogP contribution is -2.49. The molecule has 17 heavy (non-hydrogen) atoms. The summed E-state index contributed by atoms with van der Waals surface area (Å²) in [6, 6.07) is 0. The van der Waals surface area contributed by atoms with Crippen LogP contribution >= 0.6 is 0 Å². The summed E-state index contributed by atoms with van der Waals surface area (Å²) >= 11 is 0. The molecule has 4 aliphatic carbocycles. The molecule has 4 bridgehead atoms. The molecule has 0 amide bonds. The van der Waals surface area contributed by atoms with Gasteiger partial charge in [-0.15, -0.1) is 0 Å². The van der Waals surface area contributed by atoms with Gasteiger partial charge in [-0.05, 0) is 75.3 Å². The number of rotatable bonds is 1. The Morgan fingerprint density at radius 2 is 1.71 bits per heavy atom. The summed E-state index contributed by atoms with van der Waals surface area (Å²) in [6.45, 7) is 0.891. The number of hydrogen-bond donors (Lipinski definition) is 0. The van der Waals surface area contributed by atoms with Crippen molar-refractivity contribution in [2.24, 2.45) is 27.7 Å². The van der Waals surface area contributed by atoms with Crippen molar-refractivity contribution in [3.05, 3.63) is 0 Å². The van der Waals surface area contributed by atoms with Crippen molar-refractivity contribution in [1.29, 1.82) is 0 Å². The monoisotopic (exact) mass is 230 g/mol. The van der Waals surface area contributed by atoms with E-state index in [9.17, 15) is 0 Å². The van der Waals surface area contributed by atoms with Gasteiger partial charge in [-0.25, -0.2) is 0 Å². The Balaban J connectivity index is 1.62. The van der Waals surface area contributed by atoms with Crippen LogP contribution in [0.5, 0.6) is 0 Å². The van der Waals surface area contributed by atoms with Gasteiger partial charge in [-0.1, -0.05) is 0 Å². The van der Waals surface area contributed by atoms with E-state index in [1.807, 2.05) is 0 Å². The van der Waals surface area contributed by atoms with Gasteiger partial charge in [0.2, 0.25) is 0 Å². The van der Waals surface area contributed by atoms with Crippen molar-refractivity contribution < 1.29 is 0 Å². The summed E-state index contributed by atoms with van der Waals surface area (Å²) in [5.41, 5.74) is 1.77. The summed E-state index contributed by atoms with van der Waals surface area (Å²) in [5.74, 6) is 3.04. The van der Waals surface area contributed by atoms with Crippen LogP contribution in [0.1, 0.15) is 51.4 Å². The van der Waals surface area contributed by atoms with Gasteiger partial charge < -0.3 is 0 Å². The van der Waals surface area contributed by atoms with Crippen LogP contribution in [-0.4, -0.2) is 24.0 Å². The molecule has 0 saturated heterocycles. The maximum atomic E-state index is 5.23. The first-order valence-corrected chi connectivity index (χ1v) is 7.37. The van der Waals surface area contributed by atoms with E-state index in [0.29, 0.717) is 5.54 Å². The Morgan fingerprint density at radius 1 is 1.06 bits per heavy atom. The average Bonchev–Trinajstić information content (AvgIpc) is 2.27. The zero-order chi connectivity index (χ0) is 11.3. The predicted octanol–water partition coefficient (Wildman–Crippen LogP) is 3.26. The molecule has 0 spiro atoms. The normalized spacial score (nSPS) is 50.1. The van der Waals surface area contributed by atoms with Gasteiger partial charge in [0, 0.05) is 5.71 Å². The Labute approximate surface area is 104 Å². The zero-order valence-electron chi connectivity index (χ0n) is 10.6. The Kier molecular flexibility index (Phi) is 2.22. The molecule has 0 aromatic carbocycles. The maximum Gasteiger partial charge on any atom is 0.0764 e. The highest BCUT2D eigenvalue weighted by atomic mass is 14.9. The number of hydrogen-bond acceptors (Lipinski definition) is 2. The van der Waals surface area contributed by atoms with Gasteiger partial charge in [0.25, 0.3) is 0 Å². The van der Waals surface area contributed by atoms with E-state index in [-0.39, 0.29) is 0 Å². The van der Waals surface area contributed by atoms with Crippen molar-refractivity contribution >= 4 is 11.9 Å². The first-order valence-electron chi connectivity index (χ1n) is 7.37. The molecule has 1 heterocycles. The summed E-state index contributed by atoms with van der Waals surface area (Å²) in [6.07, 6.45) is 13.1. The first kappa shape index (κ1) is 10.3. The Bertz CT molecular complexity index is 345. The second kappa shape index (κ2) is 3.66. The van der Waals surface area contributed by atoms with Gasteiger partial charge in [-0.3, -0.25) is 9.98 Å². The lowest BCUT2D eigenvalue weighted by molar-refractivity contribution is 0.00154. The van der Waals surface area contributed by atoms with Crippen LogP contribution in [0.4, 0.5) is 0 Å². The van der Waals surface area contributed by atoms with Gasteiger partial charge in [0.15, 0.2) is 0 Å². The van der Waals surface area contributed by atoms with E-state index < -0.39 is 0 Å². The van der Waals surface area contributed by atoms with E-state index in [2.05, 4.69) is 11.2 Å². The molecule has 0 N–H and O–H groups in total. The van der Waals surface area contributed by atoms with Crippen LogP contribution in [0.25, 0.3) is 0 Å². The molecule has 0 unspecified atom stereocenters. The van der Waals surface area contributed by atoms with Gasteiger partial charge in [0.05, 0.1) is 12.1 Å². The average molecular weight is 230 g/mol. The Hall–Kier alpha value is -0.660. The van der Waals surface area contributed by atoms with Crippen molar-refractivity contribution in [3.63, 3.8) is 0 Å². The number of aliphatic imine (C=N–C) groups is 2. The maximum absolute atomic E-state index is 5.23. The van der Waals surface area contributed by atoms with E-state index >= 15 is 0 Å². The molecule has 0 aromatic heterocycles. The van der Waals surface area contributed by atoms with Crippen LogP contribution in [0.3, 0.4) is 0 Å². The minimum Gasteiger partial charge on any atom is -0.292 e. The van der Waals surface area contributed by atoms with Crippen LogP contribution in [-0.2, 0) is 0 Å². The summed E-state index contributed by atoms with van der Waals surface area (Å²) in [7, 11) is 0. The molecule has 5 aliphatic rings. The van der Waals surface area contributed by atoms with Crippen molar-refractivity contribution in [2.45, 2.75) is 56.9 Å². The summed E-state index contributed by atoms with van der Waals surface area (Å²) in [4.78, 5) is 9.63. The highest BCUT2D eigenvalue weighted by molar-refractivity contribution is 5.91. The van der Waals surface area contributed by atoms with E-state index in [1.54, 1.807) is 0 Å². The largest absolute Gasteiger partial charge is 0.292 e. The molecule has 2 heteroatoms. The third kappa shape index (κ3) is 1.76. The summed E-state index contributed by atoms with van der Waals surface area (Å²) < 4.78 is 0. The lowest BCUT2D eigenvalue weighted by Gasteiger charge is -2.55. The van der Waals surface area contributed by atoms with Gasteiger partial charge in [-0.2, -0.15) is 0 Å². The molecule has 1 aliphatic heterocycles. The third-order valence-electron chi connectivity index (χ3n) is 5.37. The smallest absolute Gasteiger partial charge is 0.0764 e. The molecule has 0 atom stereocenters.